The number of ketones is 1. The van der Waals surface area contributed by atoms with Crippen LogP contribution in [0.4, 0.5) is 13.2 Å². The van der Waals surface area contributed by atoms with E-state index in [4.69, 9.17) is 9.15 Å². The molecule has 0 unspecified atom stereocenters. The topological polar surface area (TPSA) is 62.9 Å². The van der Waals surface area contributed by atoms with Gasteiger partial charge >= 0.3 is 6.18 Å². The summed E-state index contributed by atoms with van der Waals surface area (Å²) in [7, 11) is 0. The van der Waals surface area contributed by atoms with Crippen molar-refractivity contribution < 1.29 is 32.2 Å². The number of hydrogen-bond donors (Lipinski definition) is 1. The van der Waals surface area contributed by atoms with Gasteiger partial charge in [0.1, 0.15) is 11.5 Å². The molecule has 1 aliphatic heterocycles. The predicted molar refractivity (Wildman–Crippen MR) is 95.2 cm³/mol. The van der Waals surface area contributed by atoms with Gasteiger partial charge in [-0.3, -0.25) is 9.69 Å². The molecule has 1 aromatic heterocycles. The molecule has 2 aromatic rings. The van der Waals surface area contributed by atoms with E-state index in [1.807, 2.05) is 11.8 Å². The average molecular weight is 397 g/mol. The average Bonchev–Trinajstić information content (AvgIpc) is 3.07. The smallest absolute Gasteiger partial charge is 0.450 e. The number of carbonyl (C=O) groups is 1. The summed E-state index contributed by atoms with van der Waals surface area (Å²) in [5, 5.41) is 9.53. The molecule has 1 fully saturated rings. The number of ether oxygens (including phenoxy) is 1. The number of likely N-dealkylation sites (tertiary alicyclic amines) is 1. The van der Waals surface area contributed by atoms with Crippen molar-refractivity contribution in [1.29, 1.82) is 0 Å². The summed E-state index contributed by atoms with van der Waals surface area (Å²) in [6.07, 6.45) is -4.04. The largest absolute Gasteiger partial charge is 0.485 e. The molecule has 0 bridgehead atoms. The van der Waals surface area contributed by atoms with E-state index >= 15 is 0 Å². The van der Waals surface area contributed by atoms with Crippen LogP contribution in [0.5, 0.6) is 5.75 Å². The van der Waals surface area contributed by atoms with E-state index in [1.165, 1.54) is 0 Å². The first-order valence-electron chi connectivity index (χ1n) is 9.05. The standard InChI is InChI=1S/C20H22F3NO4/c1-13-2-4-15(5-3-13)27-12-18(26)17-10-16(28-19(17)20(21,22)23)11-24-8-6-14(25)7-9-24/h2-5,10,14,25H,6-9,11-12H2,1H3. The number of piperidine rings is 1. The second-order valence-electron chi connectivity index (χ2n) is 6.99. The van der Waals surface area contributed by atoms with Crippen LogP contribution in [0.2, 0.25) is 0 Å². The highest BCUT2D eigenvalue weighted by Crippen LogP contribution is 2.35. The van der Waals surface area contributed by atoms with Crippen LogP contribution < -0.4 is 4.74 Å². The molecule has 28 heavy (non-hydrogen) atoms. The normalized spacial score (nSPS) is 16.3. The summed E-state index contributed by atoms with van der Waals surface area (Å²) >= 11 is 0. The Hall–Kier alpha value is -2.32. The number of aliphatic hydroxyl groups excluding tert-OH is 1. The van der Waals surface area contributed by atoms with Gasteiger partial charge < -0.3 is 14.3 Å². The van der Waals surface area contributed by atoms with Gasteiger partial charge in [0.2, 0.25) is 11.5 Å². The Balaban J connectivity index is 1.71. The second-order valence-corrected chi connectivity index (χ2v) is 6.99. The number of aryl methyl sites for hydroxylation is 1. The fourth-order valence-corrected chi connectivity index (χ4v) is 3.10. The number of alkyl halides is 3. The van der Waals surface area contributed by atoms with Gasteiger partial charge in [-0.2, -0.15) is 13.2 Å². The van der Waals surface area contributed by atoms with Crippen molar-refractivity contribution in [2.45, 2.75) is 38.6 Å². The first-order valence-corrected chi connectivity index (χ1v) is 9.05. The van der Waals surface area contributed by atoms with E-state index < -0.39 is 29.9 Å². The molecule has 2 heterocycles. The second kappa shape index (κ2) is 8.36. The lowest BCUT2D eigenvalue weighted by Crippen LogP contribution is -2.35. The minimum absolute atomic E-state index is 0.0717. The third-order valence-corrected chi connectivity index (χ3v) is 4.67. The van der Waals surface area contributed by atoms with E-state index in [0.29, 0.717) is 31.7 Å². The molecule has 5 nitrogen and oxygen atoms in total. The third kappa shape index (κ3) is 5.14. The Labute approximate surface area is 160 Å². The fourth-order valence-electron chi connectivity index (χ4n) is 3.10. The molecular formula is C20H22F3NO4. The SMILES string of the molecule is Cc1ccc(OCC(=O)c2cc(CN3CCC(O)CC3)oc2C(F)(F)F)cc1. The highest BCUT2D eigenvalue weighted by Gasteiger charge is 2.40. The summed E-state index contributed by atoms with van der Waals surface area (Å²) in [5.41, 5.74) is 0.481. The molecule has 0 spiro atoms. The van der Waals surface area contributed by atoms with Gasteiger partial charge in [0.25, 0.3) is 0 Å². The number of nitrogens with zero attached hydrogens (tertiary/aromatic N) is 1. The van der Waals surface area contributed by atoms with Crippen LogP contribution >= 0.6 is 0 Å². The van der Waals surface area contributed by atoms with Gasteiger partial charge in [0.05, 0.1) is 18.2 Å². The maximum absolute atomic E-state index is 13.3. The van der Waals surface area contributed by atoms with Crippen LogP contribution in [-0.2, 0) is 12.7 Å². The van der Waals surface area contributed by atoms with Gasteiger partial charge in [-0.05, 0) is 38.0 Å². The van der Waals surface area contributed by atoms with Crippen molar-refractivity contribution in [1.82, 2.24) is 4.90 Å². The van der Waals surface area contributed by atoms with Gasteiger partial charge in [-0.1, -0.05) is 17.7 Å². The molecule has 1 aromatic carbocycles. The number of benzene rings is 1. The Morgan fingerprint density at radius 2 is 1.89 bits per heavy atom. The summed E-state index contributed by atoms with van der Waals surface area (Å²) in [4.78, 5) is 14.3. The lowest BCUT2D eigenvalue weighted by molar-refractivity contribution is -0.154. The summed E-state index contributed by atoms with van der Waals surface area (Å²) in [6.45, 7) is 2.65. The first kappa shape index (κ1) is 20.4. The predicted octanol–water partition coefficient (Wildman–Crippen LogP) is 3.83. The maximum atomic E-state index is 13.3. The lowest BCUT2D eigenvalue weighted by atomic mass is 10.1. The Bertz CT molecular complexity index is 806. The highest BCUT2D eigenvalue weighted by atomic mass is 19.4. The molecule has 0 saturated carbocycles. The molecule has 0 radical (unpaired) electrons. The summed E-state index contributed by atoms with van der Waals surface area (Å²) in [5.74, 6) is -1.61. The fraction of sp³-hybridized carbons (Fsp3) is 0.450. The minimum atomic E-state index is -4.77. The van der Waals surface area contributed by atoms with Crippen LogP contribution in [0.3, 0.4) is 0 Å². The van der Waals surface area contributed by atoms with E-state index in [-0.39, 0.29) is 18.4 Å². The van der Waals surface area contributed by atoms with Crippen molar-refractivity contribution in [3.05, 3.63) is 53.0 Å². The molecule has 1 aliphatic rings. The molecule has 1 N–H and O–H groups in total. The number of Topliss-reactive ketones (excluding diaryl/α,β-unsaturated/α-hetero) is 1. The number of rotatable bonds is 6. The van der Waals surface area contributed by atoms with E-state index in [0.717, 1.165) is 11.6 Å². The Morgan fingerprint density at radius 1 is 1.25 bits per heavy atom. The number of halogens is 3. The van der Waals surface area contributed by atoms with Crippen LogP contribution in [0.25, 0.3) is 0 Å². The zero-order chi connectivity index (χ0) is 20.3. The van der Waals surface area contributed by atoms with Crippen LogP contribution in [0, 0.1) is 6.92 Å². The van der Waals surface area contributed by atoms with Crippen molar-refractivity contribution in [2.24, 2.45) is 0 Å². The molecule has 0 amide bonds. The van der Waals surface area contributed by atoms with Gasteiger partial charge in [0.15, 0.2) is 6.61 Å². The maximum Gasteiger partial charge on any atom is 0.450 e. The third-order valence-electron chi connectivity index (χ3n) is 4.67. The quantitative estimate of drug-likeness (QED) is 0.751. The van der Waals surface area contributed by atoms with Gasteiger partial charge in [-0.25, -0.2) is 0 Å². The molecule has 0 aliphatic carbocycles. The van der Waals surface area contributed by atoms with Crippen LogP contribution in [-0.4, -0.2) is 41.6 Å². The van der Waals surface area contributed by atoms with Crippen molar-refractivity contribution in [3.8, 4) is 5.75 Å². The van der Waals surface area contributed by atoms with Crippen molar-refractivity contribution in [2.75, 3.05) is 19.7 Å². The molecule has 1 saturated heterocycles. The van der Waals surface area contributed by atoms with Crippen LogP contribution in [0.15, 0.2) is 34.7 Å². The van der Waals surface area contributed by atoms with Crippen molar-refractivity contribution >= 4 is 5.78 Å². The van der Waals surface area contributed by atoms with Gasteiger partial charge in [-0.15, -0.1) is 0 Å². The first-order chi connectivity index (χ1) is 13.2. The van der Waals surface area contributed by atoms with Crippen LogP contribution in [0.1, 0.15) is 40.3 Å². The van der Waals surface area contributed by atoms with E-state index in [1.54, 1.807) is 24.3 Å². The summed E-state index contributed by atoms with van der Waals surface area (Å²) < 4.78 is 50.3. The number of aliphatic hydroxyl groups is 1. The molecule has 152 valence electrons. The van der Waals surface area contributed by atoms with Gasteiger partial charge in [0, 0.05) is 13.1 Å². The monoisotopic (exact) mass is 397 g/mol. The lowest BCUT2D eigenvalue weighted by Gasteiger charge is -2.28. The Morgan fingerprint density at radius 3 is 2.50 bits per heavy atom. The molecule has 0 atom stereocenters. The van der Waals surface area contributed by atoms with E-state index in [9.17, 15) is 23.1 Å². The summed E-state index contributed by atoms with van der Waals surface area (Å²) in [6, 6.07) is 8.02. The number of hydrogen-bond acceptors (Lipinski definition) is 5. The minimum Gasteiger partial charge on any atom is -0.485 e. The zero-order valence-corrected chi connectivity index (χ0v) is 15.5. The zero-order valence-electron chi connectivity index (χ0n) is 15.5. The van der Waals surface area contributed by atoms with Crippen molar-refractivity contribution in [3.63, 3.8) is 0 Å². The molecule has 3 rings (SSSR count). The van der Waals surface area contributed by atoms with E-state index in [2.05, 4.69) is 0 Å². The number of furan rings is 1. The highest BCUT2D eigenvalue weighted by molar-refractivity contribution is 5.98. The Kier molecular flexibility index (Phi) is 6.10. The number of carbonyl (C=O) groups excluding carboxylic acids is 1. The molecule has 8 heteroatoms. The molecular weight excluding hydrogens is 375 g/mol.